The van der Waals surface area contributed by atoms with Gasteiger partial charge in [-0.3, -0.25) is 16.8 Å². The predicted octanol–water partition coefficient (Wildman–Crippen LogP) is 5.31. The van der Waals surface area contributed by atoms with E-state index in [1.807, 2.05) is 48.5 Å². The summed E-state index contributed by atoms with van der Waals surface area (Å²) in [5.74, 6) is 0.504. The fourth-order valence-corrected chi connectivity index (χ4v) is 2.30. The van der Waals surface area contributed by atoms with E-state index in [1.165, 1.54) is 0 Å². The van der Waals surface area contributed by atoms with Gasteiger partial charge in [-0.05, 0) is 36.4 Å². The van der Waals surface area contributed by atoms with Crippen LogP contribution in [0.1, 0.15) is 0 Å². The van der Waals surface area contributed by atoms with E-state index < -0.39 is 15.9 Å². The van der Waals surface area contributed by atoms with Crippen LogP contribution in [0.5, 0.6) is 11.5 Å². The van der Waals surface area contributed by atoms with Crippen LogP contribution in [0.2, 0.25) is 0 Å². The van der Waals surface area contributed by atoms with E-state index in [0.717, 1.165) is 16.6 Å². The molecule has 2 N–H and O–H groups in total. The zero-order valence-corrected chi connectivity index (χ0v) is 26.9. The average Bonchev–Trinajstić information content (AvgIpc) is 3.05. The number of hydrogen-bond acceptors (Lipinski definition) is 5. The molecular formula is C26H17Cl2N2O8Re2-. The van der Waals surface area contributed by atoms with Gasteiger partial charge >= 0.3 is 91.5 Å². The average molecular weight is 929 g/mol. The van der Waals surface area contributed by atoms with E-state index in [-0.39, 0.29) is 31.9 Å². The van der Waals surface area contributed by atoms with Gasteiger partial charge in [0.2, 0.25) is 0 Å². The first-order valence-corrected chi connectivity index (χ1v) is 15.7. The Labute approximate surface area is 261 Å². The summed E-state index contributed by atoms with van der Waals surface area (Å²) in [5, 5.41) is 19.8. The zero-order chi connectivity index (χ0) is 31.5. The number of rotatable bonds is 1. The van der Waals surface area contributed by atoms with Crippen molar-refractivity contribution >= 4 is 36.8 Å². The van der Waals surface area contributed by atoms with Gasteiger partial charge in [-0.1, -0.05) is 36.4 Å². The number of hydrogen-bond donors (Lipinski definition) is 2. The number of pyridine rings is 2. The van der Waals surface area contributed by atoms with Crippen LogP contribution in [0.3, 0.4) is 0 Å². The molecule has 2 aromatic heterocycles. The maximum atomic E-state index is 9.52. The van der Waals surface area contributed by atoms with Gasteiger partial charge in [0, 0.05) is 43.8 Å². The topological polar surface area (TPSA) is 183 Å². The van der Waals surface area contributed by atoms with Crippen LogP contribution < -0.4 is 0 Å². The van der Waals surface area contributed by atoms with E-state index in [0.29, 0.717) is 5.52 Å². The molecule has 0 atom stereocenters. The van der Waals surface area contributed by atoms with Crippen LogP contribution in [-0.4, -0.2) is 27.0 Å². The van der Waals surface area contributed by atoms with Gasteiger partial charge in [0.1, 0.15) is 17.0 Å². The summed E-state index contributed by atoms with van der Waals surface area (Å²) in [6.07, 6.45) is 3.38. The van der Waals surface area contributed by atoms with Gasteiger partial charge in [-0.25, -0.2) is 0 Å². The van der Waals surface area contributed by atoms with Crippen LogP contribution in [0.4, 0.5) is 0 Å². The van der Waals surface area contributed by atoms with Crippen LogP contribution in [0.25, 0.3) is 22.2 Å². The minimum Gasteiger partial charge on any atom is 0 e. The molecule has 4 rings (SSSR count). The molecule has 0 fully saturated rings. The summed E-state index contributed by atoms with van der Waals surface area (Å²) in [7, 11) is 9.83. The number of halogens is 2. The molecular weight excluding hydrogens is 912 g/mol. The first-order chi connectivity index (χ1) is 19.2. The summed E-state index contributed by atoms with van der Waals surface area (Å²) in [6, 6.07) is 21.9. The zero-order valence-electron chi connectivity index (χ0n) is 19.9. The van der Waals surface area contributed by atoms with Gasteiger partial charge < -0.3 is 15.0 Å². The number of phenolic OH excluding ortho intramolecular Hbond substituents is 2. The maximum Gasteiger partial charge on any atom is 0 e. The molecule has 10 nitrogen and oxygen atoms in total. The molecule has 2 aromatic carbocycles. The van der Waals surface area contributed by atoms with Gasteiger partial charge in [0.05, 0.1) is 5.69 Å². The van der Waals surface area contributed by atoms with Crippen molar-refractivity contribution in [3.05, 3.63) is 118 Å². The molecule has 0 aliphatic carbocycles. The van der Waals surface area contributed by atoms with Gasteiger partial charge in [-0.15, -0.1) is 0 Å². The van der Waals surface area contributed by atoms with Gasteiger partial charge in [-0.2, -0.15) is 0 Å². The van der Waals surface area contributed by atoms with Crippen LogP contribution in [0.15, 0.2) is 85.2 Å². The number of fused-ring (bicyclic) bond motifs is 1. The molecule has 0 spiro atoms. The first kappa shape index (κ1) is 49.8. The number of para-hydroxylation sites is 2. The summed E-state index contributed by atoms with van der Waals surface area (Å²) < 4.78 is 37.5. The molecule has 208 valence electrons. The minimum atomic E-state index is -0.722. The molecule has 0 unspecified atom stereocenters. The van der Waals surface area contributed by atoms with E-state index in [2.05, 4.69) is 50.0 Å². The summed E-state index contributed by atoms with van der Waals surface area (Å²) >= 11 is -0.722. The van der Waals surface area contributed by atoms with Crippen molar-refractivity contribution in [1.82, 2.24) is 9.97 Å². The maximum absolute atomic E-state index is 9.52. The largest absolute Gasteiger partial charge is 0 e. The molecule has 4 aromatic rings. The van der Waals surface area contributed by atoms with E-state index in [4.69, 9.17) is 47.1 Å². The number of phenols is 2. The quantitative estimate of drug-likeness (QED) is 0.149. The minimum absolute atomic E-state index is 0. The Balaban J connectivity index is -0.0000000973. The van der Waals surface area contributed by atoms with E-state index in [1.54, 1.807) is 36.7 Å². The van der Waals surface area contributed by atoms with Crippen LogP contribution in [-0.2, 0) is 64.4 Å². The summed E-state index contributed by atoms with van der Waals surface area (Å²) in [4.78, 5) is 15.9. The predicted molar refractivity (Wildman–Crippen MR) is 133 cm³/mol. The van der Waals surface area contributed by atoms with Crippen LogP contribution in [0, 0.1) is 33.3 Å². The van der Waals surface area contributed by atoms with Crippen LogP contribution >= 0.6 is 19.1 Å². The first-order valence-electron chi connectivity index (χ1n) is 9.02. The Morgan fingerprint density at radius 2 is 1.05 bits per heavy atom. The Morgan fingerprint density at radius 1 is 0.625 bits per heavy atom. The Morgan fingerprint density at radius 3 is 1.50 bits per heavy atom. The monoisotopic (exact) mass is 929 g/mol. The molecule has 2 heterocycles. The molecule has 40 heavy (non-hydrogen) atoms. The summed E-state index contributed by atoms with van der Waals surface area (Å²) in [6.45, 7) is 25.8. The molecule has 0 bridgehead atoms. The molecule has 1 radical (unpaired) electrons. The van der Waals surface area contributed by atoms with Gasteiger partial charge in [0.25, 0.3) is 0 Å². The fourth-order valence-electron chi connectivity index (χ4n) is 2.30. The third kappa shape index (κ3) is 24.0. The molecule has 0 aliphatic rings. The van der Waals surface area contributed by atoms with E-state index in [9.17, 15) is 10.2 Å². The van der Waals surface area contributed by atoms with E-state index >= 15 is 0 Å². The number of benzene rings is 2. The second-order valence-electron chi connectivity index (χ2n) is 5.14. The normalized spacial score (nSPS) is 6.80. The Bertz CT molecular complexity index is 1190. The number of aromatic hydroxyl groups is 2. The summed E-state index contributed by atoms with van der Waals surface area (Å²) in [5.41, 5.74) is 2.22. The SMILES string of the molecule is Oc1cccc2cccnc12.Oc1ccccc1-c1ccccn1.[C-]#[O+].[C-]#[O+].[C-]#[O+].[C-]#[O+].[C-]#[O+].[CH-]=O.[Cl][Re][Cl].[Re]. The number of aromatic nitrogens is 2. The standard InChI is InChI=1S/C11H9NO.C9H7NO.CHO.5CO.2ClH.2Re/c13-11-7-2-1-5-9(11)10-6-3-4-8-12-10;11-8-5-1-3-7-4-2-6-10-9(7)8;6*1-2;;;;/h1-8,13H;1-6,11H;1H;;;;;;2*1H;;/q;;-1;;;;;;;;;+2/p-2. The smallest absolute Gasteiger partial charge is 0 e. The second-order valence-corrected chi connectivity index (χ2v) is 9.06. The second kappa shape index (κ2) is 42.9. The molecule has 14 heteroatoms. The molecule has 0 amide bonds. The number of carbonyl (C=O) groups excluding carboxylic acids is 1. The van der Waals surface area contributed by atoms with Crippen molar-refractivity contribution in [3.63, 3.8) is 0 Å². The van der Waals surface area contributed by atoms with Crippen molar-refractivity contribution in [3.8, 4) is 22.8 Å². The van der Waals surface area contributed by atoms with Crippen molar-refractivity contribution < 1.29 is 74.6 Å². The van der Waals surface area contributed by atoms with Crippen molar-refractivity contribution in [2.45, 2.75) is 0 Å². The van der Waals surface area contributed by atoms with Crippen molar-refractivity contribution in [2.75, 3.05) is 0 Å². The fraction of sp³-hybridized carbons (Fsp3) is 0. The molecule has 0 saturated carbocycles. The Hall–Kier alpha value is -3.13. The third-order valence-corrected chi connectivity index (χ3v) is 3.46. The van der Waals surface area contributed by atoms with Crippen molar-refractivity contribution in [1.29, 1.82) is 0 Å². The third-order valence-electron chi connectivity index (χ3n) is 3.46. The molecule has 0 aliphatic heterocycles. The number of nitrogens with zero attached hydrogens (tertiary/aromatic N) is 2. The Kier molecular flexibility index (Phi) is 53.5. The van der Waals surface area contributed by atoms with Gasteiger partial charge in [0.15, 0.2) is 0 Å². The van der Waals surface area contributed by atoms with Crippen molar-refractivity contribution in [2.24, 2.45) is 0 Å². The molecule has 0 saturated heterocycles.